The number of methoxy groups -OCH3 is 1. The molecule has 22 heavy (non-hydrogen) atoms. The molecule has 3 nitrogen and oxygen atoms in total. The number of ether oxygens (including phenoxy) is 1. The standard InChI is InChI=1S/C17H32N2O.C2H6/c1-7-15(3)13-16(8-2)9-10-17(18-4)14-19(5)11-12-20-6;1-2/h7-8,13,17-18H,1,9-12,14H2,2-6H3;1-2H3/b15-13-,16-8-;. The fourth-order valence-corrected chi connectivity index (χ4v) is 2.03. The molecule has 0 aromatic heterocycles. The molecular formula is C19H38N2O. The van der Waals surface area contributed by atoms with E-state index < -0.39 is 0 Å². The summed E-state index contributed by atoms with van der Waals surface area (Å²) in [7, 11) is 5.92. The molecule has 0 rings (SSSR count). The van der Waals surface area contributed by atoms with Crippen molar-refractivity contribution >= 4 is 0 Å². The van der Waals surface area contributed by atoms with E-state index in [0.717, 1.165) is 32.5 Å². The van der Waals surface area contributed by atoms with Crippen molar-refractivity contribution in [3.8, 4) is 0 Å². The molecule has 0 heterocycles. The Bertz CT molecular complexity index is 321. The highest BCUT2D eigenvalue weighted by Crippen LogP contribution is 2.12. The van der Waals surface area contributed by atoms with Gasteiger partial charge in [-0.25, -0.2) is 0 Å². The first-order valence-electron chi connectivity index (χ1n) is 8.38. The van der Waals surface area contributed by atoms with Crippen LogP contribution in [0.4, 0.5) is 0 Å². The highest BCUT2D eigenvalue weighted by Gasteiger charge is 2.09. The Morgan fingerprint density at radius 1 is 1.36 bits per heavy atom. The third kappa shape index (κ3) is 12.8. The van der Waals surface area contributed by atoms with Crippen LogP contribution in [-0.4, -0.2) is 51.8 Å². The van der Waals surface area contributed by atoms with Gasteiger partial charge in [-0.1, -0.05) is 49.8 Å². The Balaban J connectivity index is 0. The Kier molecular flexibility index (Phi) is 17.5. The van der Waals surface area contributed by atoms with Crippen molar-refractivity contribution in [1.29, 1.82) is 0 Å². The molecule has 1 atom stereocenters. The maximum Gasteiger partial charge on any atom is 0.0589 e. The highest BCUT2D eigenvalue weighted by molar-refractivity contribution is 5.27. The number of allylic oxidation sites excluding steroid dienone is 5. The molecule has 0 radical (unpaired) electrons. The number of nitrogens with one attached hydrogen (secondary N) is 1. The fraction of sp³-hybridized carbons (Fsp3) is 0.684. The van der Waals surface area contributed by atoms with Crippen LogP contribution in [0.3, 0.4) is 0 Å². The zero-order valence-corrected chi connectivity index (χ0v) is 15.9. The van der Waals surface area contributed by atoms with Crippen LogP contribution in [0.1, 0.15) is 40.5 Å². The SMILES string of the molecule is C=C/C(C)=C\C(=C/C)CCC(CN(C)CCOC)NC.CC. The van der Waals surface area contributed by atoms with Crippen LogP contribution in [0.2, 0.25) is 0 Å². The molecular weight excluding hydrogens is 272 g/mol. The van der Waals surface area contributed by atoms with Crippen molar-refractivity contribution in [1.82, 2.24) is 10.2 Å². The molecule has 0 aliphatic carbocycles. The molecule has 0 spiro atoms. The first kappa shape index (κ1) is 23.4. The largest absolute Gasteiger partial charge is 0.383 e. The lowest BCUT2D eigenvalue weighted by molar-refractivity contribution is 0.155. The van der Waals surface area contributed by atoms with E-state index in [0.29, 0.717) is 6.04 Å². The minimum absolute atomic E-state index is 0.504. The Morgan fingerprint density at radius 2 is 2.00 bits per heavy atom. The van der Waals surface area contributed by atoms with E-state index in [1.165, 1.54) is 11.1 Å². The first-order valence-corrected chi connectivity index (χ1v) is 8.38. The number of rotatable bonds is 11. The second-order valence-electron chi connectivity index (χ2n) is 5.24. The lowest BCUT2D eigenvalue weighted by Gasteiger charge is -2.23. The lowest BCUT2D eigenvalue weighted by Crippen LogP contribution is -2.38. The quantitative estimate of drug-likeness (QED) is 0.583. The molecule has 1 N–H and O–H groups in total. The van der Waals surface area contributed by atoms with Gasteiger partial charge in [0.15, 0.2) is 0 Å². The second kappa shape index (κ2) is 16.5. The van der Waals surface area contributed by atoms with Crippen molar-refractivity contribution < 1.29 is 4.74 Å². The van der Waals surface area contributed by atoms with Gasteiger partial charge in [0.2, 0.25) is 0 Å². The van der Waals surface area contributed by atoms with Gasteiger partial charge in [0.05, 0.1) is 6.61 Å². The molecule has 0 aliphatic rings. The summed E-state index contributed by atoms with van der Waals surface area (Å²) >= 11 is 0. The maximum absolute atomic E-state index is 5.11. The zero-order valence-electron chi connectivity index (χ0n) is 15.9. The Hall–Kier alpha value is -0.900. The summed E-state index contributed by atoms with van der Waals surface area (Å²) in [5, 5.41) is 3.41. The summed E-state index contributed by atoms with van der Waals surface area (Å²) in [5.41, 5.74) is 2.60. The monoisotopic (exact) mass is 310 g/mol. The molecule has 0 amide bonds. The minimum atomic E-state index is 0.504. The summed E-state index contributed by atoms with van der Waals surface area (Å²) in [4.78, 5) is 2.31. The Labute approximate surface area is 139 Å². The molecule has 0 aliphatic heterocycles. The van der Waals surface area contributed by atoms with Gasteiger partial charge in [-0.05, 0) is 40.8 Å². The molecule has 0 saturated heterocycles. The zero-order chi connectivity index (χ0) is 17.4. The van der Waals surface area contributed by atoms with E-state index in [9.17, 15) is 0 Å². The second-order valence-corrected chi connectivity index (χ2v) is 5.24. The number of hydrogen-bond donors (Lipinski definition) is 1. The van der Waals surface area contributed by atoms with Gasteiger partial charge in [-0.3, -0.25) is 0 Å². The molecule has 3 heteroatoms. The molecule has 0 saturated carbocycles. The van der Waals surface area contributed by atoms with Crippen LogP contribution in [-0.2, 0) is 4.74 Å². The molecule has 0 aromatic rings. The lowest BCUT2D eigenvalue weighted by atomic mass is 10.0. The van der Waals surface area contributed by atoms with E-state index in [-0.39, 0.29) is 0 Å². The molecule has 0 fully saturated rings. The van der Waals surface area contributed by atoms with Gasteiger partial charge in [-0.15, -0.1) is 0 Å². The third-order valence-corrected chi connectivity index (χ3v) is 3.50. The molecule has 0 bridgehead atoms. The van der Waals surface area contributed by atoms with Crippen LogP contribution < -0.4 is 5.32 Å². The van der Waals surface area contributed by atoms with Crippen molar-refractivity contribution in [3.63, 3.8) is 0 Å². The van der Waals surface area contributed by atoms with Gasteiger partial charge in [0, 0.05) is 26.2 Å². The van der Waals surface area contributed by atoms with E-state index in [1.54, 1.807) is 7.11 Å². The van der Waals surface area contributed by atoms with Gasteiger partial charge >= 0.3 is 0 Å². The van der Waals surface area contributed by atoms with E-state index in [2.05, 4.69) is 49.8 Å². The number of likely N-dealkylation sites (N-methyl/N-ethyl adjacent to an activating group) is 2. The Morgan fingerprint density at radius 3 is 2.45 bits per heavy atom. The van der Waals surface area contributed by atoms with Crippen molar-refractivity contribution in [2.45, 2.75) is 46.6 Å². The summed E-state index contributed by atoms with van der Waals surface area (Å²) in [6, 6.07) is 0.504. The van der Waals surface area contributed by atoms with Crippen molar-refractivity contribution in [2.75, 3.05) is 40.9 Å². The van der Waals surface area contributed by atoms with Crippen molar-refractivity contribution in [2.24, 2.45) is 0 Å². The van der Waals surface area contributed by atoms with Crippen LogP contribution in [0, 0.1) is 0 Å². The molecule has 0 aromatic carbocycles. The summed E-state index contributed by atoms with van der Waals surface area (Å²) in [6.07, 6.45) is 8.53. The highest BCUT2D eigenvalue weighted by atomic mass is 16.5. The maximum atomic E-state index is 5.11. The molecule has 130 valence electrons. The van der Waals surface area contributed by atoms with E-state index in [1.807, 2.05) is 27.0 Å². The number of hydrogen-bond acceptors (Lipinski definition) is 3. The predicted molar refractivity (Wildman–Crippen MR) is 101 cm³/mol. The predicted octanol–water partition coefficient (Wildman–Crippen LogP) is 4.04. The fourth-order valence-electron chi connectivity index (χ4n) is 2.03. The van der Waals surface area contributed by atoms with Gasteiger partial charge in [0.1, 0.15) is 0 Å². The number of nitrogens with zero attached hydrogens (tertiary/aromatic N) is 1. The van der Waals surface area contributed by atoms with E-state index >= 15 is 0 Å². The van der Waals surface area contributed by atoms with Gasteiger partial charge in [0.25, 0.3) is 0 Å². The third-order valence-electron chi connectivity index (χ3n) is 3.50. The summed E-state index contributed by atoms with van der Waals surface area (Å²) in [5.74, 6) is 0. The van der Waals surface area contributed by atoms with E-state index in [4.69, 9.17) is 4.74 Å². The molecule has 1 unspecified atom stereocenters. The van der Waals surface area contributed by atoms with Crippen LogP contribution in [0.15, 0.2) is 36.0 Å². The average molecular weight is 311 g/mol. The van der Waals surface area contributed by atoms with Crippen molar-refractivity contribution in [3.05, 3.63) is 36.0 Å². The van der Waals surface area contributed by atoms with Crippen LogP contribution in [0.5, 0.6) is 0 Å². The minimum Gasteiger partial charge on any atom is -0.383 e. The first-order chi connectivity index (χ1) is 10.6. The van der Waals surface area contributed by atoms with Crippen LogP contribution >= 0.6 is 0 Å². The summed E-state index contributed by atoms with van der Waals surface area (Å²) < 4.78 is 5.11. The topological polar surface area (TPSA) is 24.5 Å². The average Bonchev–Trinajstić information content (AvgIpc) is 2.56. The smallest absolute Gasteiger partial charge is 0.0589 e. The van der Waals surface area contributed by atoms with Gasteiger partial charge in [-0.2, -0.15) is 0 Å². The normalized spacial score (nSPS) is 13.6. The van der Waals surface area contributed by atoms with Crippen LogP contribution in [0.25, 0.3) is 0 Å². The summed E-state index contributed by atoms with van der Waals surface area (Å²) in [6.45, 7) is 14.8. The van der Waals surface area contributed by atoms with Gasteiger partial charge < -0.3 is 15.0 Å².